The zero-order chi connectivity index (χ0) is 105. The van der Waals surface area contributed by atoms with Gasteiger partial charge >= 0.3 is 0 Å². The van der Waals surface area contributed by atoms with Crippen LogP contribution >= 0.6 is 34.8 Å². The summed E-state index contributed by atoms with van der Waals surface area (Å²) in [6, 6.07) is 31.2. The summed E-state index contributed by atoms with van der Waals surface area (Å²) in [7, 11) is 9.57. The first-order valence-corrected chi connectivity index (χ1v) is 49.7. The maximum absolute atomic E-state index is 13.9. The maximum atomic E-state index is 13.9. The van der Waals surface area contributed by atoms with Gasteiger partial charge in [0.05, 0.1) is 245 Å². The number of amides is 6. The van der Waals surface area contributed by atoms with Crippen molar-refractivity contribution in [3.05, 3.63) is 203 Å². The highest BCUT2D eigenvalue weighted by molar-refractivity contribution is 6.22. The molecule has 6 aromatic carbocycles. The van der Waals surface area contributed by atoms with Gasteiger partial charge in [-0.15, -0.1) is 50.1 Å². The number of carbonyl (C=O) groups excluding carboxylic acids is 6. The van der Waals surface area contributed by atoms with Crippen LogP contribution in [0.4, 0.5) is 34.3 Å². The van der Waals surface area contributed by atoms with Crippen LogP contribution < -0.4 is 44.9 Å². The predicted octanol–water partition coefficient (Wildman–Crippen LogP) is 11.6. The standard InChI is InChI=1S/3C34H38ClN7O8/c1-46-8-9-49-12-13-50-11-10-48-7-6-41-20-26(39-40-41)33(44)37-23-14-21-15-25(38-32(21)36-18-23)34(45)42-19-22(17-35)30-27(42)16-28(43)24-4-3-5-29(47-2)31(24)30;1-46-8-9-49-12-13-50-11-10-48-7-6-41-20-26(39-40-41)33(44)38-30-15-21-14-24(37-25(21)18-36-30)34(45)42-19-22(17-35)31-27(42)16-28(43)23-4-3-5-29(47-2)32(23)31;1-46-10-11-49-14-15-50-13-12-48-9-8-41-21-25(38-39-41)33(44)36-23-6-7-30-37-26(20-40(30)19-23)34(45)42-18-22(17-35)31-27(42)16-28(43)24-4-3-5-29(47-2)32(24)31/h3-5,14-16,18,20,22,43H,6-13,17,19H2,1-2H3,(H,36,38)(H,37,44);3-5,14-16,18,20,22,37,43H,6-13,17,19H2,1-2H3,(H,36,38,44);3-7,16,19-22,43H,8-15,17-18H2,1-2H3,(H,36,44)/t3*22-/m111/s1. The second kappa shape index (κ2) is 52.7. The molecule has 0 unspecified atom stereocenters. The number of aromatic nitrogens is 15. The van der Waals surface area contributed by atoms with Gasteiger partial charge in [0.25, 0.3) is 35.4 Å². The normalized spacial score (nSPS) is 14.1. The second-order valence-electron chi connectivity index (χ2n) is 34.4. The molecule has 0 aliphatic carbocycles. The number of imidazole rings is 1. The summed E-state index contributed by atoms with van der Waals surface area (Å²) in [6.07, 6.45) is 10.9. The molecule has 18 rings (SSSR count). The number of aromatic hydroxyl groups is 3. The molecule has 8 N–H and O–H groups in total. The third kappa shape index (κ3) is 26.0. The highest BCUT2D eigenvalue weighted by atomic mass is 35.5. The number of fused-ring (bicyclic) bond motifs is 12. The highest BCUT2D eigenvalue weighted by Crippen LogP contribution is 2.52. The fraction of sp³-hybridized carbons (Fsp3) is 0.382. The molecule has 0 saturated carbocycles. The van der Waals surface area contributed by atoms with Crippen molar-refractivity contribution < 1.29 is 115 Å². The van der Waals surface area contributed by atoms with E-state index in [4.69, 9.17) is 106 Å². The Morgan fingerprint density at radius 1 is 0.380 bits per heavy atom. The first-order chi connectivity index (χ1) is 73.2. The van der Waals surface area contributed by atoms with Crippen LogP contribution in [0.3, 0.4) is 0 Å². The number of carbonyl (C=O) groups is 6. The first kappa shape index (κ1) is 108. The van der Waals surface area contributed by atoms with Crippen molar-refractivity contribution in [1.82, 2.24) is 74.3 Å². The molecule has 150 heavy (non-hydrogen) atoms. The summed E-state index contributed by atoms with van der Waals surface area (Å²) >= 11 is 19.2. The number of halogens is 3. The molecule has 15 aromatic rings. The number of hydrogen-bond donors (Lipinski definition) is 8. The Labute approximate surface area is 873 Å². The van der Waals surface area contributed by atoms with E-state index in [0.717, 1.165) is 32.8 Å². The number of nitrogens with zero attached hydrogens (tertiary/aromatic N) is 16. The van der Waals surface area contributed by atoms with Gasteiger partial charge in [-0.1, -0.05) is 52.0 Å². The van der Waals surface area contributed by atoms with E-state index in [1.807, 2.05) is 36.4 Å². The van der Waals surface area contributed by atoms with Gasteiger partial charge < -0.3 is 131 Å². The van der Waals surface area contributed by atoms with E-state index in [-0.39, 0.29) is 99.0 Å². The average molecular weight is 2120 g/mol. The minimum atomic E-state index is -0.486. The minimum absolute atomic E-state index is 0.0342. The molecule has 0 bridgehead atoms. The van der Waals surface area contributed by atoms with Gasteiger partial charge in [-0.05, 0) is 71.3 Å². The van der Waals surface area contributed by atoms with Gasteiger partial charge in [0.15, 0.2) is 17.1 Å². The van der Waals surface area contributed by atoms with Crippen LogP contribution in [0, 0.1) is 0 Å². The van der Waals surface area contributed by atoms with E-state index in [9.17, 15) is 44.1 Å². The molecule has 48 heteroatoms. The largest absolute Gasteiger partial charge is 0.507 e. The van der Waals surface area contributed by atoms with Gasteiger partial charge in [0, 0.05) is 150 Å². The number of hydrogen-bond acceptors (Lipinski definition) is 33. The molecule has 0 spiro atoms. The summed E-state index contributed by atoms with van der Waals surface area (Å²) in [4.78, 5) is 105. The molecule has 0 radical (unpaired) electrons. The number of anilines is 6. The van der Waals surface area contributed by atoms with Crippen molar-refractivity contribution in [1.29, 1.82) is 0 Å². The summed E-state index contributed by atoms with van der Waals surface area (Å²) in [6.45, 7) is 12.0. The number of rotatable bonds is 51. The fourth-order valence-electron chi connectivity index (χ4n) is 17.6. The Morgan fingerprint density at radius 2 is 0.753 bits per heavy atom. The van der Waals surface area contributed by atoms with Gasteiger partial charge in [-0.2, -0.15) is 0 Å². The van der Waals surface area contributed by atoms with Crippen molar-refractivity contribution in [2.45, 2.75) is 37.4 Å². The molecule has 45 nitrogen and oxygen atoms in total. The lowest BCUT2D eigenvalue weighted by atomic mass is 9.94. The summed E-state index contributed by atoms with van der Waals surface area (Å²) in [5.41, 5.74) is 7.89. The zero-order valence-corrected chi connectivity index (χ0v) is 85.4. The van der Waals surface area contributed by atoms with E-state index in [0.29, 0.717) is 279 Å². The monoisotopic (exact) mass is 2120 g/mol. The number of ether oxygens (including phenoxy) is 15. The van der Waals surface area contributed by atoms with E-state index < -0.39 is 17.7 Å². The molecule has 0 fully saturated rings. The van der Waals surface area contributed by atoms with Crippen molar-refractivity contribution in [2.24, 2.45) is 0 Å². The molecule has 12 heterocycles. The molecular weight excluding hydrogens is 2010 g/mol. The zero-order valence-electron chi connectivity index (χ0n) is 83.1. The fourth-order valence-corrected chi connectivity index (χ4v) is 18.3. The third-order valence-corrected chi connectivity index (χ3v) is 25.8. The SMILES string of the molecule is COCCOCCOCCOCCn1cc(C(=O)Nc2cc3cc(C(=O)N4C[C@@H](CCl)c5c4cc(O)c4cccc(OC)c54)[nH]c3cn2)nn1.COCCOCCOCCOCCn1cc(C(=O)Nc2ccc3nc(C(=O)N4C[C@@H](CCl)c5c4cc(O)c4cccc(OC)c54)cn3c2)nn1.COCCOCCOCCOCCn1cc(C(=O)Nc2cnc3[nH]c(C(=O)N4C[C@@H](CCl)c5c4cc(O)c4cccc(OC)c54)cc3c2)nn1. The number of alkyl halides is 3. The lowest BCUT2D eigenvalue weighted by Crippen LogP contribution is -2.30. The number of phenols is 3. The van der Waals surface area contributed by atoms with Crippen LogP contribution in [-0.4, -0.2) is 344 Å². The van der Waals surface area contributed by atoms with Crippen LogP contribution in [0.5, 0.6) is 34.5 Å². The summed E-state index contributed by atoms with van der Waals surface area (Å²) in [5.74, 6) is 0.101. The van der Waals surface area contributed by atoms with Crippen LogP contribution in [0.2, 0.25) is 0 Å². The number of benzene rings is 6. The van der Waals surface area contributed by atoms with Crippen molar-refractivity contribution >= 4 is 164 Å². The highest BCUT2D eigenvalue weighted by Gasteiger charge is 2.41. The molecule has 6 amide bonds. The molecule has 3 aliphatic heterocycles. The third-order valence-electron chi connectivity index (χ3n) is 24.7. The summed E-state index contributed by atoms with van der Waals surface area (Å²) in [5, 5.41) is 70.3. The van der Waals surface area contributed by atoms with Gasteiger partial charge in [-0.3, -0.25) is 28.8 Å². The number of pyridine rings is 3. The number of H-pyrrole nitrogens is 2. The van der Waals surface area contributed by atoms with Gasteiger partial charge in [0.2, 0.25) is 0 Å². The Balaban J connectivity index is 0.000000160. The Hall–Kier alpha value is -14.4. The topological polar surface area (TPSA) is 514 Å². The van der Waals surface area contributed by atoms with Crippen LogP contribution in [-0.2, 0) is 76.5 Å². The number of nitrogens with one attached hydrogen (secondary N) is 5. The van der Waals surface area contributed by atoms with E-state index in [2.05, 4.69) is 71.8 Å². The Bertz CT molecular complexity index is 6560. The molecule has 0 saturated heterocycles. The molecule has 3 atom stereocenters. The lowest BCUT2D eigenvalue weighted by Gasteiger charge is -2.18. The quantitative estimate of drug-likeness (QED) is 0.0130. The minimum Gasteiger partial charge on any atom is -0.507 e. The van der Waals surface area contributed by atoms with E-state index >= 15 is 0 Å². The van der Waals surface area contributed by atoms with Crippen molar-refractivity contribution in [2.75, 3.05) is 249 Å². The van der Waals surface area contributed by atoms with Crippen LogP contribution in [0.15, 0.2) is 153 Å². The Kier molecular flexibility index (Phi) is 38.0. The van der Waals surface area contributed by atoms with Crippen molar-refractivity contribution in [3.8, 4) is 34.5 Å². The predicted molar refractivity (Wildman–Crippen MR) is 556 cm³/mol. The maximum Gasteiger partial charge on any atom is 0.278 e. The van der Waals surface area contributed by atoms with E-state index in [1.54, 1.807) is 147 Å². The molecule has 9 aromatic heterocycles. The average Bonchev–Trinajstić information content (AvgIpc) is 1.61. The molecule has 3 aliphatic rings. The molecular formula is C102H114Cl3N21O24. The first-order valence-electron chi connectivity index (χ1n) is 48.1. The lowest BCUT2D eigenvalue weighted by molar-refractivity contribution is 0.00244. The van der Waals surface area contributed by atoms with Crippen LogP contribution in [0.1, 0.15) is 97.4 Å². The smallest absolute Gasteiger partial charge is 0.278 e. The van der Waals surface area contributed by atoms with Gasteiger partial charge in [-0.25, -0.2) is 29.0 Å². The second-order valence-corrected chi connectivity index (χ2v) is 35.3. The molecule has 792 valence electrons. The number of methoxy groups -OCH3 is 6. The number of aromatic amines is 2. The van der Waals surface area contributed by atoms with Crippen molar-refractivity contribution in [3.63, 3.8) is 0 Å². The van der Waals surface area contributed by atoms with Gasteiger partial charge in [0.1, 0.15) is 68.7 Å². The Morgan fingerprint density at radius 3 is 1.15 bits per heavy atom. The van der Waals surface area contributed by atoms with E-state index in [1.165, 1.54) is 45.0 Å². The summed E-state index contributed by atoms with van der Waals surface area (Å²) < 4.78 is 86.8. The number of phenolic OH excluding ortho intramolecular Hbond substituents is 3. The van der Waals surface area contributed by atoms with Crippen LogP contribution in [0.25, 0.3) is 59.9 Å².